The molecule has 21 heavy (non-hydrogen) atoms. The monoisotopic (exact) mass is 305 g/mol. The zero-order valence-corrected chi connectivity index (χ0v) is 12.4. The number of nitrogens with zero attached hydrogens (tertiary/aromatic N) is 2. The highest BCUT2D eigenvalue weighted by molar-refractivity contribution is 6.31. The van der Waals surface area contributed by atoms with E-state index in [-0.39, 0.29) is 12.6 Å². The second-order valence-corrected chi connectivity index (χ2v) is 4.83. The molecule has 0 fully saturated rings. The van der Waals surface area contributed by atoms with Crippen LogP contribution in [0.1, 0.15) is 16.1 Å². The highest BCUT2D eigenvalue weighted by Crippen LogP contribution is 2.21. The smallest absolute Gasteiger partial charge is 0.272 e. The van der Waals surface area contributed by atoms with Gasteiger partial charge in [-0.15, -0.1) is 6.58 Å². The van der Waals surface area contributed by atoms with Crippen molar-refractivity contribution in [3.63, 3.8) is 0 Å². The van der Waals surface area contributed by atoms with Crippen molar-refractivity contribution in [1.29, 1.82) is 0 Å². The largest absolute Gasteiger partial charge is 0.471 e. The number of halogens is 1. The van der Waals surface area contributed by atoms with Crippen molar-refractivity contribution < 1.29 is 9.53 Å². The summed E-state index contributed by atoms with van der Waals surface area (Å²) in [5.41, 5.74) is 1.28. The van der Waals surface area contributed by atoms with Crippen molar-refractivity contribution in [2.75, 3.05) is 6.54 Å². The van der Waals surface area contributed by atoms with E-state index in [1.54, 1.807) is 35.2 Å². The SMILES string of the molecule is C=CCNC(=O)c1ccn(COc2ccc(Cl)c(C)c2)n1. The predicted octanol–water partition coefficient (Wildman–Crippen LogP) is 2.80. The molecule has 2 aromatic rings. The van der Waals surface area contributed by atoms with Crippen LogP contribution in [0, 0.1) is 6.92 Å². The fourth-order valence-electron chi connectivity index (χ4n) is 1.66. The molecule has 110 valence electrons. The summed E-state index contributed by atoms with van der Waals surface area (Å²) >= 11 is 5.95. The number of hydrogen-bond donors (Lipinski definition) is 1. The van der Waals surface area contributed by atoms with Gasteiger partial charge in [-0.05, 0) is 36.8 Å². The number of aryl methyl sites for hydroxylation is 1. The summed E-state index contributed by atoms with van der Waals surface area (Å²) in [5.74, 6) is 0.459. The Bertz CT molecular complexity index is 652. The number of amides is 1. The third-order valence-electron chi connectivity index (χ3n) is 2.77. The first-order chi connectivity index (χ1) is 10.1. The first-order valence-corrected chi connectivity index (χ1v) is 6.79. The topological polar surface area (TPSA) is 56.2 Å². The summed E-state index contributed by atoms with van der Waals surface area (Å²) in [6.07, 6.45) is 3.30. The molecule has 0 radical (unpaired) electrons. The van der Waals surface area contributed by atoms with Crippen LogP contribution in [-0.4, -0.2) is 22.2 Å². The quantitative estimate of drug-likeness (QED) is 0.835. The maximum Gasteiger partial charge on any atom is 0.272 e. The van der Waals surface area contributed by atoms with Gasteiger partial charge >= 0.3 is 0 Å². The molecule has 5 nitrogen and oxygen atoms in total. The second-order valence-electron chi connectivity index (χ2n) is 4.42. The molecular formula is C15H16ClN3O2. The Balaban J connectivity index is 1.94. The van der Waals surface area contributed by atoms with Gasteiger partial charge in [-0.2, -0.15) is 5.10 Å². The number of nitrogens with one attached hydrogen (secondary N) is 1. The van der Waals surface area contributed by atoms with E-state index in [1.807, 2.05) is 13.0 Å². The van der Waals surface area contributed by atoms with Gasteiger partial charge in [0.1, 0.15) is 11.4 Å². The molecule has 0 saturated heterocycles. The minimum atomic E-state index is -0.240. The number of aromatic nitrogens is 2. The summed E-state index contributed by atoms with van der Waals surface area (Å²) in [4.78, 5) is 11.7. The fraction of sp³-hybridized carbons (Fsp3) is 0.200. The minimum absolute atomic E-state index is 0.218. The van der Waals surface area contributed by atoms with E-state index in [0.29, 0.717) is 23.0 Å². The van der Waals surface area contributed by atoms with Crippen LogP contribution in [-0.2, 0) is 6.73 Å². The first kappa shape index (κ1) is 15.1. The molecule has 0 saturated carbocycles. The van der Waals surface area contributed by atoms with Crippen LogP contribution in [0.5, 0.6) is 5.75 Å². The Labute approximate surface area is 128 Å². The summed E-state index contributed by atoms with van der Waals surface area (Å²) in [6, 6.07) is 7.05. The average Bonchev–Trinajstić information content (AvgIpc) is 2.95. The summed E-state index contributed by atoms with van der Waals surface area (Å²) in [6.45, 7) is 6.07. The summed E-state index contributed by atoms with van der Waals surface area (Å²) in [5, 5.41) is 7.50. The molecule has 1 amide bonds. The average molecular weight is 306 g/mol. The van der Waals surface area contributed by atoms with E-state index in [9.17, 15) is 4.79 Å². The number of benzene rings is 1. The van der Waals surface area contributed by atoms with Crippen LogP contribution in [0.4, 0.5) is 0 Å². The molecule has 0 aliphatic carbocycles. The normalized spacial score (nSPS) is 10.2. The maximum atomic E-state index is 11.7. The number of rotatable bonds is 6. The van der Waals surface area contributed by atoms with Crippen molar-refractivity contribution in [3.05, 3.63) is 59.4 Å². The third-order valence-corrected chi connectivity index (χ3v) is 3.20. The predicted molar refractivity (Wildman–Crippen MR) is 81.6 cm³/mol. The molecule has 6 heteroatoms. The van der Waals surface area contributed by atoms with Crippen LogP contribution in [0.3, 0.4) is 0 Å². The molecule has 0 unspecified atom stereocenters. The van der Waals surface area contributed by atoms with E-state index in [1.165, 1.54) is 0 Å². The van der Waals surface area contributed by atoms with Crippen LogP contribution in [0.25, 0.3) is 0 Å². The molecule has 0 atom stereocenters. The van der Waals surface area contributed by atoms with Gasteiger partial charge in [0.25, 0.3) is 5.91 Å². The molecule has 1 aromatic heterocycles. The molecule has 0 bridgehead atoms. The second kappa shape index (κ2) is 6.95. The molecule has 2 rings (SSSR count). The number of carbonyl (C=O) groups excluding carboxylic acids is 1. The number of ether oxygens (including phenoxy) is 1. The molecule has 0 aliphatic heterocycles. The van der Waals surface area contributed by atoms with Gasteiger partial charge in [-0.25, -0.2) is 4.68 Å². The van der Waals surface area contributed by atoms with Gasteiger partial charge in [0.2, 0.25) is 0 Å². The Hall–Kier alpha value is -2.27. The number of hydrogen-bond acceptors (Lipinski definition) is 3. The molecule has 1 heterocycles. The van der Waals surface area contributed by atoms with Crippen molar-refractivity contribution in [2.24, 2.45) is 0 Å². The zero-order valence-electron chi connectivity index (χ0n) is 11.7. The van der Waals surface area contributed by atoms with Gasteiger partial charge in [0.05, 0.1) is 0 Å². The molecular weight excluding hydrogens is 290 g/mol. The van der Waals surface area contributed by atoms with Crippen LogP contribution in [0.15, 0.2) is 43.1 Å². The fourth-order valence-corrected chi connectivity index (χ4v) is 1.78. The van der Waals surface area contributed by atoms with E-state index in [2.05, 4.69) is 17.0 Å². The Morgan fingerprint density at radius 3 is 3.05 bits per heavy atom. The summed E-state index contributed by atoms with van der Waals surface area (Å²) < 4.78 is 7.14. The highest BCUT2D eigenvalue weighted by Gasteiger charge is 2.08. The number of carbonyl (C=O) groups is 1. The Morgan fingerprint density at radius 2 is 2.33 bits per heavy atom. The maximum absolute atomic E-state index is 11.7. The van der Waals surface area contributed by atoms with E-state index in [4.69, 9.17) is 16.3 Å². The van der Waals surface area contributed by atoms with Gasteiger partial charge in [-0.1, -0.05) is 17.7 Å². The lowest BCUT2D eigenvalue weighted by atomic mass is 10.2. The molecule has 1 aromatic carbocycles. The van der Waals surface area contributed by atoms with Crippen LogP contribution in [0.2, 0.25) is 5.02 Å². The lowest BCUT2D eigenvalue weighted by Crippen LogP contribution is -2.24. The third kappa shape index (κ3) is 4.10. The molecule has 0 spiro atoms. The molecule has 0 aliphatic rings. The standard InChI is InChI=1S/C15H16ClN3O2/c1-3-7-17-15(20)14-6-8-19(18-14)10-21-12-4-5-13(16)11(2)9-12/h3-6,8-9H,1,7,10H2,2H3,(H,17,20). The Kier molecular flexibility index (Phi) is 5.00. The van der Waals surface area contributed by atoms with Crippen LogP contribution < -0.4 is 10.1 Å². The lowest BCUT2D eigenvalue weighted by Gasteiger charge is -2.07. The van der Waals surface area contributed by atoms with Crippen molar-refractivity contribution in [2.45, 2.75) is 13.7 Å². The lowest BCUT2D eigenvalue weighted by molar-refractivity contribution is 0.0951. The zero-order chi connectivity index (χ0) is 15.2. The van der Waals surface area contributed by atoms with E-state index < -0.39 is 0 Å². The van der Waals surface area contributed by atoms with E-state index in [0.717, 1.165) is 5.56 Å². The van der Waals surface area contributed by atoms with Crippen molar-refractivity contribution in [1.82, 2.24) is 15.1 Å². The minimum Gasteiger partial charge on any atom is -0.471 e. The van der Waals surface area contributed by atoms with Gasteiger partial charge in [0.15, 0.2) is 6.73 Å². The van der Waals surface area contributed by atoms with Crippen molar-refractivity contribution in [3.8, 4) is 5.75 Å². The first-order valence-electron chi connectivity index (χ1n) is 6.41. The van der Waals surface area contributed by atoms with E-state index >= 15 is 0 Å². The highest BCUT2D eigenvalue weighted by atomic mass is 35.5. The van der Waals surface area contributed by atoms with Crippen molar-refractivity contribution >= 4 is 17.5 Å². The van der Waals surface area contributed by atoms with Gasteiger partial charge in [-0.3, -0.25) is 4.79 Å². The summed E-state index contributed by atoms with van der Waals surface area (Å²) in [7, 11) is 0. The van der Waals surface area contributed by atoms with Crippen LogP contribution >= 0.6 is 11.6 Å². The molecule has 1 N–H and O–H groups in total. The van der Waals surface area contributed by atoms with Gasteiger partial charge < -0.3 is 10.1 Å². The Morgan fingerprint density at radius 1 is 1.52 bits per heavy atom. The van der Waals surface area contributed by atoms with Gasteiger partial charge in [0, 0.05) is 17.8 Å².